The number of anilines is 1. The predicted octanol–water partition coefficient (Wildman–Crippen LogP) is 3.75. The van der Waals surface area contributed by atoms with Crippen molar-refractivity contribution in [1.29, 1.82) is 0 Å². The van der Waals surface area contributed by atoms with Crippen LogP contribution in [0, 0.1) is 5.92 Å². The molecular formula is C18H22N4O. The number of hydrogen-bond donors (Lipinski definition) is 1. The third-order valence-corrected chi connectivity index (χ3v) is 4.60. The van der Waals surface area contributed by atoms with Gasteiger partial charge in [0.15, 0.2) is 5.82 Å². The number of piperidine rings is 1. The molecule has 0 unspecified atom stereocenters. The van der Waals surface area contributed by atoms with E-state index in [9.17, 15) is 0 Å². The smallest absolute Gasteiger partial charge is 0.156 e. The summed E-state index contributed by atoms with van der Waals surface area (Å²) >= 11 is 0. The predicted molar refractivity (Wildman–Crippen MR) is 93.2 cm³/mol. The summed E-state index contributed by atoms with van der Waals surface area (Å²) in [6.45, 7) is 7.10. The van der Waals surface area contributed by atoms with Crippen molar-refractivity contribution in [1.82, 2.24) is 15.0 Å². The number of aromatic amines is 1. The molecule has 1 saturated heterocycles. The van der Waals surface area contributed by atoms with Crippen molar-refractivity contribution in [2.24, 2.45) is 5.92 Å². The van der Waals surface area contributed by atoms with Crippen molar-refractivity contribution in [3.05, 3.63) is 24.5 Å². The maximum Gasteiger partial charge on any atom is 0.156 e. The molecule has 5 nitrogen and oxygen atoms in total. The van der Waals surface area contributed by atoms with Gasteiger partial charge in [-0.2, -0.15) is 0 Å². The largest absolute Gasteiger partial charge is 0.494 e. The van der Waals surface area contributed by atoms with Crippen molar-refractivity contribution in [2.75, 3.05) is 24.6 Å². The zero-order valence-electron chi connectivity index (χ0n) is 13.7. The molecule has 0 saturated carbocycles. The van der Waals surface area contributed by atoms with Crippen LogP contribution in [0.4, 0.5) is 5.82 Å². The van der Waals surface area contributed by atoms with Gasteiger partial charge in [-0.1, -0.05) is 6.92 Å². The molecule has 0 amide bonds. The molecule has 4 rings (SSSR count). The van der Waals surface area contributed by atoms with Gasteiger partial charge in [-0.05, 0) is 43.9 Å². The number of benzene rings is 1. The Kier molecular flexibility index (Phi) is 3.56. The SMILES string of the molecule is CCOc1ccc2[nH]c3c(N4CCC[C@H](C)C4)ncnc3c2c1. The highest BCUT2D eigenvalue weighted by atomic mass is 16.5. The summed E-state index contributed by atoms with van der Waals surface area (Å²) in [5.74, 6) is 2.62. The summed E-state index contributed by atoms with van der Waals surface area (Å²) in [6, 6.07) is 6.12. The van der Waals surface area contributed by atoms with Crippen LogP contribution in [-0.2, 0) is 0 Å². The topological polar surface area (TPSA) is 54.0 Å². The Balaban J connectivity index is 1.85. The number of hydrogen-bond acceptors (Lipinski definition) is 4. The maximum absolute atomic E-state index is 5.63. The Labute approximate surface area is 135 Å². The highest BCUT2D eigenvalue weighted by Crippen LogP contribution is 2.32. The van der Waals surface area contributed by atoms with Crippen LogP contribution in [0.25, 0.3) is 21.9 Å². The number of nitrogens with one attached hydrogen (secondary N) is 1. The van der Waals surface area contributed by atoms with E-state index in [0.717, 1.165) is 46.6 Å². The van der Waals surface area contributed by atoms with Gasteiger partial charge in [-0.25, -0.2) is 9.97 Å². The first-order valence-electron chi connectivity index (χ1n) is 8.40. The van der Waals surface area contributed by atoms with Crippen molar-refractivity contribution in [2.45, 2.75) is 26.7 Å². The Morgan fingerprint density at radius 2 is 2.26 bits per heavy atom. The van der Waals surface area contributed by atoms with E-state index in [4.69, 9.17) is 4.74 Å². The van der Waals surface area contributed by atoms with E-state index in [2.05, 4.69) is 38.9 Å². The van der Waals surface area contributed by atoms with Gasteiger partial charge in [-0.15, -0.1) is 0 Å². The lowest BCUT2D eigenvalue weighted by molar-refractivity contribution is 0.341. The minimum absolute atomic E-state index is 0.666. The molecule has 5 heteroatoms. The number of H-pyrrole nitrogens is 1. The van der Waals surface area contributed by atoms with Crippen molar-refractivity contribution in [3.8, 4) is 5.75 Å². The fourth-order valence-corrected chi connectivity index (χ4v) is 3.54. The molecule has 0 spiro atoms. The lowest BCUT2D eigenvalue weighted by Gasteiger charge is -2.31. The molecule has 1 aliphatic heterocycles. The van der Waals surface area contributed by atoms with Crippen LogP contribution in [0.3, 0.4) is 0 Å². The monoisotopic (exact) mass is 310 g/mol. The molecule has 120 valence electrons. The molecule has 1 N–H and O–H groups in total. The molecule has 3 aromatic rings. The average Bonchev–Trinajstić information content (AvgIpc) is 2.93. The van der Waals surface area contributed by atoms with E-state index in [1.165, 1.54) is 12.8 Å². The van der Waals surface area contributed by atoms with Gasteiger partial charge in [0.25, 0.3) is 0 Å². The van der Waals surface area contributed by atoms with Gasteiger partial charge >= 0.3 is 0 Å². The van der Waals surface area contributed by atoms with E-state index in [1.54, 1.807) is 6.33 Å². The molecule has 1 atom stereocenters. The molecule has 0 bridgehead atoms. The average molecular weight is 310 g/mol. The molecule has 23 heavy (non-hydrogen) atoms. The molecule has 3 heterocycles. The van der Waals surface area contributed by atoms with Gasteiger partial charge in [0.1, 0.15) is 23.1 Å². The molecule has 0 aliphatic carbocycles. The van der Waals surface area contributed by atoms with Crippen molar-refractivity contribution >= 4 is 27.8 Å². The highest BCUT2D eigenvalue weighted by Gasteiger charge is 2.21. The van der Waals surface area contributed by atoms with Crippen LogP contribution in [0.15, 0.2) is 24.5 Å². The first-order valence-corrected chi connectivity index (χ1v) is 8.40. The van der Waals surface area contributed by atoms with Crippen LogP contribution in [0.2, 0.25) is 0 Å². The van der Waals surface area contributed by atoms with Crippen LogP contribution < -0.4 is 9.64 Å². The van der Waals surface area contributed by atoms with Gasteiger partial charge in [0, 0.05) is 24.0 Å². The summed E-state index contributed by atoms with van der Waals surface area (Å²) in [7, 11) is 0. The van der Waals surface area contributed by atoms with Gasteiger partial charge in [0.05, 0.1) is 6.61 Å². The summed E-state index contributed by atoms with van der Waals surface area (Å²) in [5, 5.41) is 1.10. The van der Waals surface area contributed by atoms with E-state index >= 15 is 0 Å². The van der Waals surface area contributed by atoms with Crippen LogP contribution in [-0.4, -0.2) is 34.6 Å². The Morgan fingerprint density at radius 1 is 1.35 bits per heavy atom. The quantitative estimate of drug-likeness (QED) is 0.800. The second-order valence-corrected chi connectivity index (χ2v) is 6.38. The third kappa shape index (κ3) is 2.50. The third-order valence-electron chi connectivity index (χ3n) is 4.60. The van der Waals surface area contributed by atoms with Crippen LogP contribution >= 0.6 is 0 Å². The summed E-state index contributed by atoms with van der Waals surface area (Å²) in [6.07, 6.45) is 4.20. The summed E-state index contributed by atoms with van der Waals surface area (Å²) < 4.78 is 5.63. The Hall–Kier alpha value is -2.30. The molecule has 1 fully saturated rings. The number of aromatic nitrogens is 3. The van der Waals surface area contributed by atoms with E-state index in [0.29, 0.717) is 12.5 Å². The Bertz CT molecular complexity index is 842. The van der Waals surface area contributed by atoms with E-state index in [1.807, 2.05) is 13.0 Å². The standard InChI is InChI=1S/C18H22N4O/c1-3-23-13-6-7-15-14(9-13)16-17(21-15)18(20-11-19-16)22-8-4-5-12(2)10-22/h6-7,9,11-12,21H,3-5,8,10H2,1-2H3/t12-/m0/s1. The molecular weight excluding hydrogens is 288 g/mol. The van der Waals surface area contributed by atoms with E-state index in [-0.39, 0.29) is 0 Å². The lowest BCUT2D eigenvalue weighted by atomic mass is 10.0. The molecule has 1 aromatic carbocycles. The fraction of sp³-hybridized carbons (Fsp3) is 0.444. The molecule has 2 aromatic heterocycles. The summed E-state index contributed by atoms with van der Waals surface area (Å²) in [4.78, 5) is 15.0. The number of rotatable bonds is 3. The van der Waals surface area contributed by atoms with Crippen molar-refractivity contribution in [3.63, 3.8) is 0 Å². The van der Waals surface area contributed by atoms with Gasteiger partial charge < -0.3 is 14.6 Å². The minimum Gasteiger partial charge on any atom is -0.494 e. The zero-order valence-corrected chi connectivity index (χ0v) is 13.7. The van der Waals surface area contributed by atoms with Crippen LogP contribution in [0.1, 0.15) is 26.7 Å². The van der Waals surface area contributed by atoms with Crippen molar-refractivity contribution < 1.29 is 4.74 Å². The van der Waals surface area contributed by atoms with E-state index < -0.39 is 0 Å². The lowest BCUT2D eigenvalue weighted by Crippen LogP contribution is -2.35. The Morgan fingerprint density at radius 3 is 3.09 bits per heavy atom. The number of nitrogens with zero attached hydrogens (tertiary/aromatic N) is 3. The van der Waals surface area contributed by atoms with Gasteiger partial charge in [0.2, 0.25) is 0 Å². The summed E-state index contributed by atoms with van der Waals surface area (Å²) in [5.41, 5.74) is 3.09. The highest BCUT2D eigenvalue weighted by molar-refractivity contribution is 6.08. The number of ether oxygens (including phenoxy) is 1. The maximum atomic E-state index is 5.63. The fourth-order valence-electron chi connectivity index (χ4n) is 3.54. The van der Waals surface area contributed by atoms with Gasteiger partial charge in [-0.3, -0.25) is 0 Å². The van der Waals surface area contributed by atoms with Crippen LogP contribution in [0.5, 0.6) is 5.75 Å². The zero-order chi connectivity index (χ0) is 15.8. The second kappa shape index (κ2) is 5.72. The molecule has 0 radical (unpaired) electrons. The first kappa shape index (κ1) is 14.3. The normalized spacial score (nSPS) is 18.7. The molecule has 1 aliphatic rings. The first-order chi connectivity index (χ1) is 11.3. The number of fused-ring (bicyclic) bond motifs is 3. The second-order valence-electron chi connectivity index (χ2n) is 6.38. The minimum atomic E-state index is 0.666.